The van der Waals surface area contributed by atoms with Gasteiger partial charge in [-0.25, -0.2) is 8.42 Å². The third kappa shape index (κ3) is 26.9. The van der Waals surface area contributed by atoms with Gasteiger partial charge in [0.25, 0.3) is 0 Å². The minimum atomic E-state index is -6.09. The fraction of sp³-hybridized carbons (Fsp3) is 0.680. The average Bonchev–Trinajstić information content (AvgIpc) is 2.84. The van der Waals surface area contributed by atoms with E-state index in [1.54, 1.807) is 0 Å². The summed E-state index contributed by atoms with van der Waals surface area (Å²) in [6.45, 7) is 13.5. The van der Waals surface area contributed by atoms with Gasteiger partial charge in [0.15, 0.2) is 14.0 Å². The molecule has 1 aliphatic rings. The number of benzene rings is 1. The van der Waals surface area contributed by atoms with Crippen molar-refractivity contribution in [3.8, 4) is 9.85 Å². The Morgan fingerprint density at radius 1 is 0.692 bits per heavy atom. The summed E-state index contributed by atoms with van der Waals surface area (Å²) in [7, 11) is -6.09. The van der Waals surface area contributed by atoms with Gasteiger partial charge in [-0.1, -0.05) is 18.2 Å². The van der Waals surface area contributed by atoms with E-state index < -0.39 is 15.6 Å². The molecule has 1 heterocycles. The van der Waals surface area contributed by atoms with E-state index in [9.17, 15) is 13.2 Å². The van der Waals surface area contributed by atoms with Gasteiger partial charge in [0, 0.05) is 5.41 Å². The lowest BCUT2D eigenvalue weighted by Crippen LogP contribution is -3.59. The molecule has 0 amide bonds. The molecule has 0 bridgehead atoms. The van der Waals surface area contributed by atoms with Crippen LogP contribution in [0, 0.1) is 18.8 Å². The largest absolute Gasteiger partial charge is 0.741 e. The summed E-state index contributed by atoms with van der Waals surface area (Å²) in [6, 6.07) is 10.5. The number of rotatable bonds is 1. The van der Waals surface area contributed by atoms with Crippen LogP contribution in [0.4, 0.5) is 13.2 Å². The highest BCUT2D eigenvalue weighted by Crippen LogP contribution is 2.20. The number of halogens is 4. The van der Waals surface area contributed by atoms with Crippen LogP contribution in [-0.4, -0.2) is 97.8 Å². The zero-order valence-corrected chi connectivity index (χ0v) is 25.4. The molecule has 9 nitrogen and oxygen atoms in total. The predicted octanol–water partition coefficient (Wildman–Crippen LogP) is 0.103. The first-order valence-electron chi connectivity index (χ1n) is 12.0. The molecule has 0 aromatic heterocycles. The van der Waals surface area contributed by atoms with Gasteiger partial charge < -0.3 is 33.0 Å². The molecular formula is C25H38F3IO9S. The molecule has 0 N–H and O–H groups in total. The molecule has 0 atom stereocenters. The molecule has 0 radical (unpaired) electrons. The Morgan fingerprint density at radius 2 is 0.974 bits per heavy atom. The van der Waals surface area contributed by atoms with Crippen molar-refractivity contribution in [2.45, 2.75) is 26.3 Å². The van der Waals surface area contributed by atoms with Gasteiger partial charge in [0.05, 0.1) is 79.3 Å². The Kier molecular flexibility index (Phi) is 22.0. The van der Waals surface area contributed by atoms with Gasteiger partial charge in [-0.3, -0.25) is 0 Å². The van der Waals surface area contributed by atoms with Crippen LogP contribution in [0.25, 0.3) is 0 Å². The average molecular weight is 699 g/mol. The van der Waals surface area contributed by atoms with E-state index >= 15 is 0 Å². The summed E-state index contributed by atoms with van der Waals surface area (Å²) in [5.74, 6) is 3.27. The van der Waals surface area contributed by atoms with Crippen LogP contribution in [0.15, 0.2) is 30.3 Å². The summed E-state index contributed by atoms with van der Waals surface area (Å²) >= 11 is -0.100. The summed E-state index contributed by atoms with van der Waals surface area (Å²) in [4.78, 5) is 0. The van der Waals surface area contributed by atoms with Gasteiger partial charge in [0.2, 0.25) is 3.57 Å². The molecule has 14 heteroatoms. The second-order valence-electron chi connectivity index (χ2n) is 8.43. The van der Waals surface area contributed by atoms with E-state index in [0.29, 0.717) is 79.3 Å². The highest BCUT2D eigenvalue weighted by atomic mass is 127. The second kappa shape index (κ2) is 22.6. The minimum Gasteiger partial charge on any atom is -0.741 e. The van der Waals surface area contributed by atoms with Crippen molar-refractivity contribution < 1.29 is 75.8 Å². The topological polar surface area (TPSA) is 113 Å². The molecule has 226 valence electrons. The van der Waals surface area contributed by atoms with Crippen LogP contribution in [0.5, 0.6) is 0 Å². The first-order chi connectivity index (χ1) is 18.3. The molecule has 0 unspecified atom stereocenters. The van der Waals surface area contributed by atoms with E-state index in [4.69, 9.17) is 41.4 Å². The number of hydrogen-bond acceptors (Lipinski definition) is 9. The van der Waals surface area contributed by atoms with Crippen LogP contribution in [0.3, 0.4) is 0 Å². The Morgan fingerprint density at radius 3 is 1.21 bits per heavy atom. The molecule has 0 saturated carbocycles. The molecule has 1 fully saturated rings. The van der Waals surface area contributed by atoms with Crippen molar-refractivity contribution in [2.75, 3.05) is 79.3 Å². The fourth-order valence-corrected chi connectivity index (χ4v) is 4.05. The maximum Gasteiger partial charge on any atom is 0.485 e. The van der Waals surface area contributed by atoms with Crippen LogP contribution < -0.4 is 21.2 Å². The van der Waals surface area contributed by atoms with Crippen molar-refractivity contribution >= 4 is 10.1 Å². The summed E-state index contributed by atoms with van der Waals surface area (Å²) in [6.07, 6.45) is 0. The number of alkyl halides is 3. The molecule has 2 rings (SSSR count). The Bertz CT molecular complexity index is 809. The van der Waals surface area contributed by atoms with Crippen LogP contribution >= 0.6 is 0 Å². The first kappa shape index (κ1) is 38.0. The van der Waals surface area contributed by atoms with E-state index in [-0.39, 0.29) is 26.6 Å². The zero-order chi connectivity index (χ0) is 29.5. The molecule has 1 aromatic rings. The predicted molar refractivity (Wildman–Crippen MR) is 133 cm³/mol. The van der Waals surface area contributed by atoms with E-state index in [1.807, 2.05) is 6.07 Å². The molecule has 1 aromatic carbocycles. The monoisotopic (exact) mass is 698 g/mol. The molecule has 0 aliphatic carbocycles. The van der Waals surface area contributed by atoms with Gasteiger partial charge >= 0.3 is 26.7 Å². The van der Waals surface area contributed by atoms with E-state index in [0.717, 1.165) is 0 Å². The lowest BCUT2D eigenvalue weighted by atomic mass is 9.99. The Balaban J connectivity index is 0.000000602. The second-order valence-corrected chi connectivity index (χ2v) is 12.1. The minimum absolute atomic E-state index is 0.100. The van der Waals surface area contributed by atoms with Crippen molar-refractivity contribution in [2.24, 2.45) is 5.41 Å². The van der Waals surface area contributed by atoms with Gasteiger partial charge in [-0.15, -0.1) is 0 Å². The summed E-state index contributed by atoms with van der Waals surface area (Å²) < 4.78 is 95.6. The zero-order valence-electron chi connectivity index (χ0n) is 22.5. The van der Waals surface area contributed by atoms with Gasteiger partial charge in [0.1, 0.15) is 0 Å². The maximum atomic E-state index is 10.7. The lowest BCUT2D eigenvalue weighted by molar-refractivity contribution is -0.535. The Labute approximate surface area is 240 Å². The highest BCUT2D eigenvalue weighted by Gasteiger charge is 2.36. The fourth-order valence-electron chi connectivity index (χ4n) is 2.02. The quantitative estimate of drug-likeness (QED) is 0.175. The standard InChI is InChI=1S/C12H14I.C12H24O6.CHF3O3S/c1-12(2,3)9-10-13-11-7-5-4-6-8-11;1-2-14-5-6-16-9-10-18-12-11-17-8-7-15-4-3-13-1;2-1(3,4)8(5,6)7/h4-8H,1-3H3;1-12H2;(H,5,6,7)/q+1;;/p-1. The van der Waals surface area contributed by atoms with Crippen LogP contribution in [0.1, 0.15) is 20.8 Å². The van der Waals surface area contributed by atoms with Crippen molar-refractivity contribution in [1.29, 1.82) is 0 Å². The van der Waals surface area contributed by atoms with Crippen molar-refractivity contribution in [1.82, 2.24) is 0 Å². The Hall–Kier alpha value is -1.03. The van der Waals surface area contributed by atoms with Crippen molar-refractivity contribution in [3.63, 3.8) is 0 Å². The van der Waals surface area contributed by atoms with E-state index in [1.165, 1.54) is 3.57 Å². The summed E-state index contributed by atoms with van der Waals surface area (Å²) in [5.41, 5.74) is -5.50. The molecule has 1 aliphatic heterocycles. The van der Waals surface area contributed by atoms with E-state index in [2.05, 4.69) is 54.9 Å². The number of hydrogen-bond donors (Lipinski definition) is 0. The highest BCUT2D eigenvalue weighted by molar-refractivity contribution is 7.86. The molecular weight excluding hydrogens is 660 g/mol. The van der Waals surface area contributed by atoms with Crippen LogP contribution in [0.2, 0.25) is 0 Å². The molecule has 0 spiro atoms. The summed E-state index contributed by atoms with van der Waals surface area (Å²) in [5, 5.41) is 0. The van der Waals surface area contributed by atoms with Crippen LogP contribution in [-0.2, 0) is 38.5 Å². The van der Waals surface area contributed by atoms with Gasteiger partial charge in [-0.05, 0) is 38.8 Å². The van der Waals surface area contributed by atoms with Gasteiger partial charge in [-0.2, -0.15) is 13.2 Å². The SMILES string of the molecule is C1COCCOCCOCCOCCOCCO1.CC(C)(C)C#C[I+]c1ccccc1.O=S(=O)([O-])C(F)(F)F. The molecule has 39 heavy (non-hydrogen) atoms. The maximum absolute atomic E-state index is 10.7. The number of ether oxygens (including phenoxy) is 6. The smallest absolute Gasteiger partial charge is 0.485 e. The molecule has 1 saturated heterocycles. The third-order valence-electron chi connectivity index (χ3n) is 3.83. The normalized spacial score (nSPS) is 17.4. The third-order valence-corrected chi connectivity index (χ3v) is 6.28. The first-order valence-corrected chi connectivity index (χ1v) is 15.6. The van der Waals surface area contributed by atoms with Crippen molar-refractivity contribution in [3.05, 3.63) is 33.9 Å². The lowest BCUT2D eigenvalue weighted by Gasteiger charge is -2.09.